The molecule has 4 nitrogen and oxygen atoms in total. The number of carbonyl (C=O) groups excluding carboxylic acids is 2. The van der Waals surface area contributed by atoms with E-state index in [0.717, 1.165) is 0 Å². The Morgan fingerprint density at radius 1 is 1.54 bits per heavy atom. The second-order valence-electron chi connectivity index (χ2n) is 3.59. The maximum atomic E-state index is 12.9. The van der Waals surface area contributed by atoms with Crippen LogP contribution in [0, 0.1) is 0 Å². The number of hydrogen-bond acceptors (Lipinski definition) is 2. The van der Waals surface area contributed by atoms with Crippen LogP contribution in [0.5, 0.6) is 0 Å². The number of halogens is 1. The highest BCUT2D eigenvalue weighted by atomic mass is 19.1. The van der Waals surface area contributed by atoms with E-state index in [1.54, 1.807) is 0 Å². The summed E-state index contributed by atoms with van der Waals surface area (Å²) in [7, 11) is 0. The topological polar surface area (TPSA) is 72.2 Å². The van der Waals surface area contributed by atoms with Crippen LogP contribution in [0.3, 0.4) is 0 Å². The molecule has 0 bridgehead atoms. The molecule has 13 heavy (non-hydrogen) atoms. The van der Waals surface area contributed by atoms with Crippen molar-refractivity contribution in [2.45, 2.75) is 38.9 Å². The number of hydrogen-bond donors (Lipinski definition) is 2. The maximum absolute atomic E-state index is 12.9. The third-order valence-corrected chi connectivity index (χ3v) is 1.39. The van der Waals surface area contributed by atoms with E-state index in [4.69, 9.17) is 5.73 Å². The van der Waals surface area contributed by atoms with Gasteiger partial charge in [0, 0.05) is 0 Å². The van der Waals surface area contributed by atoms with Crippen LogP contribution in [0.4, 0.5) is 4.39 Å². The summed E-state index contributed by atoms with van der Waals surface area (Å²) in [6.45, 7) is 4.04. The zero-order valence-electron chi connectivity index (χ0n) is 8.06. The van der Waals surface area contributed by atoms with Gasteiger partial charge in [0.15, 0.2) is 0 Å². The monoisotopic (exact) mass is 190 g/mol. The van der Waals surface area contributed by atoms with Gasteiger partial charge in [-0.25, -0.2) is 4.39 Å². The van der Waals surface area contributed by atoms with Crippen LogP contribution in [-0.4, -0.2) is 23.5 Å². The van der Waals surface area contributed by atoms with E-state index < -0.39 is 23.5 Å². The van der Waals surface area contributed by atoms with Gasteiger partial charge in [-0.1, -0.05) is 0 Å². The highest BCUT2D eigenvalue weighted by molar-refractivity contribution is 5.86. The number of alkyl halides is 1. The van der Waals surface area contributed by atoms with Gasteiger partial charge in [-0.05, 0) is 20.8 Å². The number of carbonyl (C=O) groups is 2. The molecule has 0 aliphatic heterocycles. The Bertz CT molecular complexity index is 211. The molecule has 0 aliphatic carbocycles. The third-order valence-electron chi connectivity index (χ3n) is 1.39. The highest BCUT2D eigenvalue weighted by Crippen LogP contribution is 2.12. The summed E-state index contributed by atoms with van der Waals surface area (Å²) in [5.41, 5.74) is 3.33. The molecule has 0 unspecified atom stereocenters. The summed E-state index contributed by atoms with van der Waals surface area (Å²) in [5.74, 6) is -1.15. The van der Waals surface area contributed by atoms with E-state index in [1.165, 1.54) is 20.8 Å². The van der Waals surface area contributed by atoms with Gasteiger partial charge in [0.2, 0.25) is 11.8 Å². The molecule has 2 amide bonds. The van der Waals surface area contributed by atoms with E-state index in [1.807, 2.05) is 0 Å². The van der Waals surface area contributed by atoms with Crippen molar-refractivity contribution < 1.29 is 14.0 Å². The first kappa shape index (κ1) is 11.9. The SMILES string of the molecule is C[C@H](NC(=O)CC(C)(C)F)C(N)=O. The fourth-order valence-electron chi connectivity index (χ4n) is 0.745. The number of nitrogens with two attached hydrogens (primary N) is 1. The van der Waals surface area contributed by atoms with Crippen LogP contribution < -0.4 is 11.1 Å². The fourth-order valence-corrected chi connectivity index (χ4v) is 0.745. The van der Waals surface area contributed by atoms with Crippen molar-refractivity contribution in [3.05, 3.63) is 0 Å². The van der Waals surface area contributed by atoms with E-state index in [0.29, 0.717) is 0 Å². The van der Waals surface area contributed by atoms with Crippen molar-refractivity contribution in [1.82, 2.24) is 5.32 Å². The first-order valence-corrected chi connectivity index (χ1v) is 4.00. The van der Waals surface area contributed by atoms with Gasteiger partial charge >= 0.3 is 0 Å². The molecule has 0 saturated carbocycles. The summed E-state index contributed by atoms with van der Waals surface area (Å²) in [5, 5.41) is 2.28. The molecule has 0 aromatic carbocycles. The van der Waals surface area contributed by atoms with Gasteiger partial charge < -0.3 is 11.1 Å². The minimum absolute atomic E-state index is 0.273. The zero-order chi connectivity index (χ0) is 10.6. The smallest absolute Gasteiger partial charge is 0.239 e. The molecular formula is C8H15FN2O2. The van der Waals surface area contributed by atoms with Crippen molar-refractivity contribution in [2.24, 2.45) is 5.73 Å². The second kappa shape index (κ2) is 4.20. The molecule has 0 fully saturated rings. The Balaban J connectivity index is 3.96. The van der Waals surface area contributed by atoms with Gasteiger partial charge in [0.1, 0.15) is 11.7 Å². The lowest BCUT2D eigenvalue weighted by molar-refractivity contribution is -0.128. The lowest BCUT2D eigenvalue weighted by atomic mass is 10.1. The van der Waals surface area contributed by atoms with Crippen molar-refractivity contribution in [3.8, 4) is 0 Å². The van der Waals surface area contributed by atoms with E-state index in [-0.39, 0.29) is 6.42 Å². The average molecular weight is 190 g/mol. The Labute approximate surface area is 76.7 Å². The normalized spacial score (nSPS) is 13.5. The van der Waals surface area contributed by atoms with Gasteiger partial charge in [0.05, 0.1) is 6.42 Å². The molecule has 0 aromatic heterocycles. The van der Waals surface area contributed by atoms with E-state index in [9.17, 15) is 14.0 Å². The molecule has 76 valence electrons. The Kier molecular flexibility index (Phi) is 3.84. The number of amides is 2. The molecule has 1 atom stereocenters. The van der Waals surface area contributed by atoms with Crippen LogP contribution in [-0.2, 0) is 9.59 Å². The van der Waals surface area contributed by atoms with Crippen molar-refractivity contribution in [2.75, 3.05) is 0 Å². The Morgan fingerprint density at radius 3 is 2.31 bits per heavy atom. The van der Waals surface area contributed by atoms with Crippen LogP contribution in [0.2, 0.25) is 0 Å². The molecule has 0 aromatic rings. The van der Waals surface area contributed by atoms with Gasteiger partial charge in [0.25, 0.3) is 0 Å². The lowest BCUT2D eigenvalue weighted by Crippen LogP contribution is -2.43. The molecule has 0 radical (unpaired) electrons. The van der Waals surface area contributed by atoms with Crippen molar-refractivity contribution >= 4 is 11.8 Å². The molecule has 0 spiro atoms. The lowest BCUT2D eigenvalue weighted by Gasteiger charge is -2.15. The van der Waals surface area contributed by atoms with Crippen LogP contribution in [0.25, 0.3) is 0 Å². The fraction of sp³-hybridized carbons (Fsp3) is 0.750. The van der Waals surface area contributed by atoms with E-state index in [2.05, 4.69) is 5.32 Å². The minimum Gasteiger partial charge on any atom is -0.368 e. The largest absolute Gasteiger partial charge is 0.368 e. The standard InChI is InChI=1S/C8H15FN2O2/c1-5(7(10)13)11-6(12)4-8(2,3)9/h5H,4H2,1-3H3,(H2,10,13)(H,11,12)/t5-/m0/s1. The van der Waals surface area contributed by atoms with Gasteiger partial charge in [-0.2, -0.15) is 0 Å². The Hall–Kier alpha value is -1.13. The van der Waals surface area contributed by atoms with Crippen LogP contribution in [0.1, 0.15) is 27.2 Å². The second-order valence-corrected chi connectivity index (χ2v) is 3.59. The van der Waals surface area contributed by atoms with Crippen LogP contribution in [0.15, 0.2) is 0 Å². The van der Waals surface area contributed by atoms with Crippen LogP contribution >= 0.6 is 0 Å². The predicted molar refractivity (Wildman–Crippen MR) is 46.6 cm³/mol. The first-order chi connectivity index (χ1) is 5.72. The zero-order valence-corrected chi connectivity index (χ0v) is 8.06. The highest BCUT2D eigenvalue weighted by Gasteiger charge is 2.22. The number of rotatable bonds is 4. The average Bonchev–Trinajstić information content (AvgIpc) is 1.81. The first-order valence-electron chi connectivity index (χ1n) is 4.00. The van der Waals surface area contributed by atoms with Gasteiger partial charge in [-0.3, -0.25) is 9.59 Å². The summed E-state index contributed by atoms with van der Waals surface area (Å²) >= 11 is 0. The quantitative estimate of drug-likeness (QED) is 0.660. The summed E-state index contributed by atoms with van der Waals surface area (Å²) in [6, 6.07) is -0.755. The van der Waals surface area contributed by atoms with Crippen molar-refractivity contribution in [3.63, 3.8) is 0 Å². The minimum atomic E-state index is -1.57. The predicted octanol–water partition coefficient (Wildman–Crippen LogP) is 0.115. The van der Waals surface area contributed by atoms with E-state index >= 15 is 0 Å². The molecule has 0 aliphatic rings. The Morgan fingerprint density at radius 2 is 2.00 bits per heavy atom. The molecule has 0 saturated heterocycles. The molecule has 5 heteroatoms. The molecule has 0 heterocycles. The molecular weight excluding hydrogens is 175 g/mol. The molecule has 0 rings (SSSR count). The maximum Gasteiger partial charge on any atom is 0.239 e. The van der Waals surface area contributed by atoms with Crippen molar-refractivity contribution in [1.29, 1.82) is 0 Å². The van der Waals surface area contributed by atoms with Gasteiger partial charge in [-0.15, -0.1) is 0 Å². The summed E-state index contributed by atoms with van der Waals surface area (Å²) < 4.78 is 12.9. The molecule has 3 N–H and O–H groups in total. The summed E-state index contributed by atoms with van der Waals surface area (Å²) in [4.78, 5) is 21.5. The summed E-state index contributed by atoms with van der Waals surface area (Å²) in [6.07, 6.45) is -0.273. The third kappa shape index (κ3) is 6.07. The number of nitrogens with one attached hydrogen (secondary N) is 1. The number of primary amides is 1.